The third-order valence-corrected chi connectivity index (χ3v) is 3.73. The topological polar surface area (TPSA) is 72.7 Å². The monoisotopic (exact) mass is 317 g/mol. The number of aromatic nitrogens is 4. The molecule has 0 atom stereocenters. The first kappa shape index (κ1) is 14.3. The van der Waals surface area contributed by atoms with Gasteiger partial charge in [0.1, 0.15) is 5.82 Å². The number of aryl methyl sites for hydroxylation is 2. The maximum Gasteiger partial charge on any atom is 0.277 e. The fraction of sp³-hybridized carbons (Fsp3) is 0.143. The number of nitrogens with zero attached hydrogens (tertiary/aromatic N) is 4. The molecule has 3 rings (SSSR count). The molecule has 1 N–H and O–H groups in total. The van der Waals surface area contributed by atoms with Crippen molar-refractivity contribution in [1.29, 1.82) is 0 Å². The molecule has 2 aromatic heterocycles. The van der Waals surface area contributed by atoms with Gasteiger partial charge in [0.25, 0.3) is 5.91 Å². The Morgan fingerprint density at radius 3 is 2.68 bits per heavy atom. The minimum atomic E-state index is -0.342. The number of rotatable bonds is 3. The van der Waals surface area contributed by atoms with Crippen LogP contribution in [0.15, 0.2) is 30.3 Å². The van der Waals surface area contributed by atoms with Crippen LogP contribution in [0.4, 0.5) is 9.52 Å². The smallest absolute Gasteiger partial charge is 0.277 e. The molecule has 0 spiro atoms. The first-order valence-electron chi connectivity index (χ1n) is 6.44. The number of anilines is 1. The molecule has 0 aliphatic rings. The van der Waals surface area contributed by atoms with E-state index in [1.807, 2.05) is 6.92 Å². The molecule has 3 aromatic rings. The quantitative estimate of drug-likeness (QED) is 0.806. The molecular weight excluding hydrogens is 305 g/mol. The number of hydrogen-bond acceptors (Lipinski definition) is 5. The summed E-state index contributed by atoms with van der Waals surface area (Å²) in [6.07, 6.45) is 0. The third kappa shape index (κ3) is 2.86. The van der Waals surface area contributed by atoms with Crippen LogP contribution in [0.1, 0.15) is 16.2 Å². The molecule has 0 bridgehead atoms. The standard InChI is InChI=1S/C14H12FN5OS/c1-8-7-11(18-20(8)2)13(21)17-14-16-12(19-22-14)9-3-5-10(15)6-4-9/h3-7H,1-2H3,(H,16,17,19,21). The van der Waals surface area contributed by atoms with Crippen LogP contribution < -0.4 is 5.32 Å². The predicted molar refractivity (Wildman–Crippen MR) is 81.2 cm³/mol. The van der Waals surface area contributed by atoms with Crippen molar-refractivity contribution in [2.45, 2.75) is 6.92 Å². The maximum atomic E-state index is 12.9. The van der Waals surface area contributed by atoms with Gasteiger partial charge >= 0.3 is 0 Å². The molecule has 0 radical (unpaired) electrons. The van der Waals surface area contributed by atoms with Gasteiger partial charge in [-0.1, -0.05) is 0 Å². The highest BCUT2D eigenvalue weighted by atomic mass is 32.1. The summed E-state index contributed by atoms with van der Waals surface area (Å²) in [5, 5.41) is 7.12. The molecule has 1 amide bonds. The Labute approximate surface area is 129 Å². The van der Waals surface area contributed by atoms with E-state index in [2.05, 4.69) is 19.8 Å². The number of amides is 1. The van der Waals surface area contributed by atoms with E-state index in [-0.39, 0.29) is 11.7 Å². The van der Waals surface area contributed by atoms with Crippen molar-refractivity contribution in [1.82, 2.24) is 19.1 Å². The van der Waals surface area contributed by atoms with E-state index in [0.29, 0.717) is 22.2 Å². The minimum Gasteiger partial charge on any atom is -0.295 e. The Bertz CT molecular complexity index is 805. The van der Waals surface area contributed by atoms with Crippen LogP contribution in [0.5, 0.6) is 0 Å². The molecule has 6 nitrogen and oxygen atoms in total. The third-order valence-electron chi connectivity index (χ3n) is 3.10. The Hall–Kier alpha value is -2.61. The molecule has 0 unspecified atom stereocenters. The second-order valence-corrected chi connectivity index (χ2v) is 5.43. The number of halogens is 1. The van der Waals surface area contributed by atoms with Crippen LogP contribution in [0.2, 0.25) is 0 Å². The largest absolute Gasteiger partial charge is 0.295 e. The van der Waals surface area contributed by atoms with E-state index in [1.165, 1.54) is 12.1 Å². The van der Waals surface area contributed by atoms with Crippen molar-refractivity contribution in [2.24, 2.45) is 7.05 Å². The van der Waals surface area contributed by atoms with Crippen LogP contribution in [0.25, 0.3) is 11.4 Å². The van der Waals surface area contributed by atoms with Gasteiger partial charge in [-0.3, -0.25) is 14.8 Å². The van der Waals surface area contributed by atoms with Gasteiger partial charge in [0, 0.05) is 29.8 Å². The van der Waals surface area contributed by atoms with Crippen LogP contribution in [-0.4, -0.2) is 25.0 Å². The zero-order valence-electron chi connectivity index (χ0n) is 11.9. The van der Waals surface area contributed by atoms with Crippen LogP contribution in [0, 0.1) is 12.7 Å². The Morgan fingerprint density at radius 1 is 1.32 bits per heavy atom. The number of carbonyl (C=O) groups is 1. The molecule has 2 heterocycles. The summed E-state index contributed by atoms with van der Waals surface area (Å²) in [6.45, 7) is 1.86. The molecule has 0 saturated heterocycles. The summed E-state index contributed by atoms with van der Waals surface area (Å²) in [4.78, 5) is 16.3. The molecule has 0 fully saturated rings. The molecule has 8 heteroatoms. The second kappa shape index (κ2) is 5.64. The van der Waals surface area contributed by atoms with Gasteiger partial charge in [-0.2, -0.15) is 14.5 Å². The first-order valence-corrected chi connectivity index (χ1v) is 7.22. The Balaban J connectivity index is 1.76. The Morgan fingerprint density at radius 2 is 2.05 bits per heavy atom. The normalized spacial score (nSPS) is 10.7. The summed E-state index contributed by atoms with van der Waals surface area (Å²) in [7, 11) is 1.77. The van der Waals surface area contributed by atoms with E-state index in [1.54, 1.807) is 29.9 Å². The number of benzene rings is 1. The Kier molecular flexibility index (Phi) is 3.68. The van der Waals surface area contributed by atoms with Crippen molar-refractivity contribution in [2.75, 3.05) is 5.32 Å². The fourth-order valence-electron chi connectivity index (χ4n) is 1.82. The van der Waals surface area contributed by atoms with Gasteiger partial charge in [-0.25, -0.2) is 4.39 Å². The fourth-order valence-corrected chi connectivity index (χ4v) is 2.41. The lowest BCUT2D eigenvalue weighted by atomic mass is 10.2. The minimum absolute atomic E-state index is 0.318. The molecule has 0 aliphatic heterocycles. The van der Waals surface area contributed by atoms with Crippen LogP contribution in [-0.2, 0) is 7.05 Å². The van der Waals surface area contributed by atoms with Crippen molar-refractivity contribution in [3.05, 3.63) is 47.5 Å². The number of carbonyl (C=O) groups excluding carboxylic acids is 1. The second-order valence-electron chi connectivity index (χ2n) is 4.68. The van der Waals surface area contributed by atoms with Gasteiger partial charge in [0.05, 0.1) is 0 Å². The maximum absolute atomic E-state index is 12.9. The van der Waals surface area contributed by atoms with Gasteiger partial charge < -0.3 is 0 Å². The molecule has 0 saturated carbocycles. The molecular formula is C14H12FN5OS. The van der Waals surface area contributed by atoms with E-state index in [0.717, 1.165) is 17.2 Å². The van der Waals surface area contributed by atoms with E-state index in [4.69, 9.17) is 0 Å². The summed E-state index contributed by atoms with van der Waals surface area (Å²) in [5.74, 6) is -0.221. The summed E-state index contributed by atoms with van der Waals surface area (Å²) >= 11 is 1.06. The van der Waals surface area contributed by atoms with Gasteiger partial charge in [0.15, 0.2) is 11.5 Å². The van der Waals surface area contributed by atoms with Gasteiger partial charge in [-0.15, -0.1) is 0 Å². The summed E-state index contributed by atoms with van der Waals surface area (Å²) in [5.41, 5.74) is 1.89. The average Bonchev–Trinajstić information content (AvgIpc) is 3.08. The van der Waals surface area contributed by atoms with Crippen molar-refractivity contribution in [3.8, 4) is 11.4 Å². The summed E-state index contributed by atoms with van der Waals surface area (Å²) < 4.78 is 18.7. The average molecular weight is 317 g/mol. The van der Waals surface area contributed by atoms with Crippen molar-refractivity contribution < 1.29 is 9.18 Å². The lowest BCUT2D eigenvalue weighted by Gasteiger charge is -1.97. The SMILES string of the molecule is Cc1cc(C(=O)Nc2nc(-c3ccc(F)cc3)ns2)nn1C. The zero-order valence-corrected chi connectivity index (χ0v) is 12.7. The first-order chi connectivity index (χ1) is 10.5. The highest BCUT2D eigenvalue weighted by Crippen LogP contribution is 2.21. The van der Waals surface area contributed by atoms with Gasteiger partial charge in [-0.05, 0) is 37.3 Å². The number of nitrogens with one attached hydrogen (secondary N) is 1. The molecule has 1 aromatic carbocycles. The number of hydrogen-bond donors (Lipinski definition) is 1. The van der Waals surface area contributed by atoms with Crippen LogP contribution >= 0.6 is 11.5 Å². The molecule has 0 aliphatic carbocycles. The lowest BCUT2D eigenvalue weighted by molar-refractivity contribution is 0.102. The van der Waals surface area contributed by atoms with Crippen LogP contribution in [0.3, 0.4) is 0 Å². The van der Waals surface area contributed by atoms with Crippen molar-refractivity contribution in [3.63, 3.8) is 0 Å². The van der Waals surface area contributed by atoms with E-state index < -0.39 is 0 Å². The predicted octanol–water partition coefficient (Wildman–Crippen LogP) is 2.64. The highest BCUT2D eigenvalue weighted by Gasteiger charge is 2.14. The van der Waals surface area contributed by atoms with Gasteiger partial charge in [0.2, 0.25) is 5.13 Å². The lowest BCUT2D eigenvalue weighted by Crippen LogP contribution is -2.12. The highest BCUT2D eigenvalue weighted by molar-refractivity contribution is 7.10. The van der Waals surface area contributed by atoms with E-state index >= 15 is 0 Å². The molecule has 112 valence electrons. The summed E-state index contributed by atoms with van der Waals surface area (Å²) in [6, 6.07) is 7.55. The molecule has 22 heavy (non-hydrogen) atoms. The van der Waals surface area contributed by atoms with Crippen molar-refractivity contribution >= 4 is 22.6 Å². The zero-order chi connectivity index (χ0) is 15.7. The van der Waals surface area contributed by atoms with E-state index in [9.17, 15) is 9.18 Å².